The van der Waals surface area contributed by atoms with E-state index in [1.54, 1.807) is 28.0 Å². The molecule has 0 aromatic carbocycles. The van der Waals surface area contributed by atoms with Gasteiger partial charge in [-0.1, -0.05) is 0 Å². The van der Waals surface area contributed by atoms with Gasteiger partial charge in [0.25, 0.3) is 0 Å². The number of hydrogen-bond donors (Lipinski definition) is 1. The molecule has 0 atom stereocenters. The third-order valence-electron chi connectivity index (χ3n) is 2.34. The van der Waals surface area contributed by atoms with Crippen LogP contribution in [0.1, 0.15) is 20.3 Å². The Bertz CT molecular complexity index is 256. The second-order valence-electron chi connectivity index (χ2n) is 4.17. The molecule has 0 spiro atoms. The molecular weight excluding hydrogens is 224 g/mol. The molecule has 6 heteroatoms. The highest BCUT2D eigenvalue weighted by Crippen LogP contribution is 2.04. The predicted molar refractivity (Wildman–Crippen MR) is 64.0 cm³/mol. The van der Waals surface area contributed by atoms with Crippen molar-refractivity contribution in [2.75, 3.05) is 33.9 Å². The molecule has 6 nitrogen and oxygen atoms in total. The quantitative estimate of drug-likeness (QED) is 0.677. The molecule has 0 fully saturated rings. The molecule has 0 aliphatic rings. The van der Waals surface area contributed by atoms with Crippen molar-refractivity contribution < 1.29 is 19.4 Å². The zero-order chi connectivity index (χ0) is 13.4. The van der Waals surface area contributed by atoms with Gasteiger partial charge in [-0.15, -0.1) is 0 Å². The number of carboxylic acids is 1. The Morgan fingerprint density at radius 1 is 1.35 bits per heavy atom. The van der Waals surface area contributed by atoms with Crippen molar-refractivity contribution in [2.24, 2.45) is 0 Å². The van der Waals surface area contributed by atoms with Crippen LogP contribution in [0.5, 0.6) is 0 Å². The lowest BCUT2D eigenvalue weighted by Crippen LogP contribution is -2.47. The fourth-order valence-corrected chi connectivity index (χ4v) is 1.38. The third kappa shape index (κ3) is 6.11. The van der Waals surface area contributed by atoms with Crippen LogP contribution in [0.4, 0.5) is 4.79 Å². The maximum absolute atomic E-state index is 12.0. The predicted octanol–water partition coefficient (Wildman–Crippen LogP) is 0.870. The Hall–Kier alpha value is -1.30. The fraction of sp³-hybridized carbons (Fsp3) is 0.818. The minimum Gasteiger partial charge on any atom is -0.480 e. The molecule has 17 heavy (non-hydrogen) atoms. The SMILES string of the molecule is COCCCN(C)C(=O)N(CC(=O)O)C(C)C. The number of ether oxygens (including phenoxy) is 1. The van der Waals surface area contributed by atoms with Gasteiger partial charge in [-0.05, 0) is 20.3 Å². The highest BCUT2D eigenvalue weighted by molar-refractivity contribution is 5.80. The number of hydrogen-bond acceptors (Lipinski definition) is 3. The van der Waals surface area contributed by atoms with Crippen LogP contribution < -0.4 is 0 Å². The van der Waals surface area contributed by atoms with Gasteiger partial charge in [-0.3, -0.25) is 4.79 Å². The lowest BCUT2D eigenvalue weighted by atomic mass is 10.3. The van der Waals surface area contributed by atoms with E-state index in [1.807, 2.05) is 0 Å². The van der Waals surface area contributed by atoms with E-state index in [2.05, 4.69) is 0 Å². The molecule has 0 aliphatic carbocycles. The first-order chi connectivity index (χ1) is 7.90. The van der Waals surface area contributed by atoms with Crippen molar-refractivity contribution in [1.29, 1.82) is 0 Å². The summed E-state index contributed by atoms with van der Waals surface area (Å²) >= 11 is 0. The number of urea groups is 1. The molecule has 2 amide bonds. The Kier molecular flexibility index (Phi) is 7.29. The van der Waals surface area contributed by atoms with Crippen molar-refractivity contribution in [3.05, 3.63) is 0 Å². The zero-order valence-corrected chi connectivity index (χ0v) is 11.0. The summed E-state index contributed by atoms with van der Waals surface area (Å²) in [5, 5.41) is 8.75. The van der Waals surface area contributed by atoms with Crippen LogP contribution in [0.2, 0.25) is 0 Å². The monoisotopic (exact) mass is 246 g/mol. The van der Waals surface area contributed by atoms with Crippen LogP contribution in [0.25, 0.3) is 0 Å². The molecule has 0 unspecified atom stereocenters. The summed E-state index contributed by atoms with van der Waals surface area (Å²) < 4.78 is 4.90. The van der Waals surface area contributed by atoms with E-state index in [9.17, 15) is 9.59 Å². The van der Waals surface area contributed by atoms with Crippen LogP contribution in [0.15, 0.2) is 0 Å². The van der Waals surface area contributed by atoms with Gasteiger partial charge in [0.15, 0.2) is 0 Å². The number of nitrogens with zero attached hydrogens (tertiary/aromatic N) is 2. The first-order valence-corrected chi connectivity index (χ1v) is 5.62. The number of methoxy groups -OCH3 is 1. The highest BCUT2D eigenvalue weighted by atomic mass is 16.5. The Morgan fingerprint density at radius 3 is 2.35 bits per heavy atom. The Morgan fingerprint density at radius 2 is 1.94 bits per heavy atom. The molecule has 0 saturated carbocycles. The average molecular weight is 246 g/mol. The van der Waals surface area contributed by atoms with E-state index in [-0.39, 0.29) is 18.6 Å². The second-order valence-corrected chi connectivity index (χ2v) is 4.17. The number of aliphatic carboxylic acids is 1. The van der Waals surface area contributed by atoms with E-state index in [1.165, 1.54) is 9.80 Å². The topological polar surface area (TPSA) is 70.1 Å². The van der Waals surface area contributed by atoms with Crippen molar-refractivity contribution in [3.63, 3.8) is 0 Å². The molecule has 0 heterocycles. The summed E-state index contributed by atoms with van der Waals surface area (Å²) in [6.45, 7) is 4.45. The van der Waals surface area contributed by atoms with Crippen LogP contribution in [-0.2, 0) is 9.53 Å². The first-order valence-electron chi connectivity index (χ1n) is 5.62. The summed E-state index contributed by atoms with van der Waals surface area (Å²) in [7, 11) is 3.27. The largest absolute Gasteiger partial charge is 0.480 e. The van der Waals surface area contributed by atoms with E-state index in [4.69, 9.17) is 9.84 Å². The minimum atomic E-state index is -1.00. The van der Waals surface area contributed by atoms with Gasteiger partial charge in [0.1, 0.15) is 6.54 Å². The lowest BCUT2D eigenvalue weighted by Gasteiger charge is -2.30. The van der Waals surface area contributed by atoms with Gasteiger partial charge >= 0.3 is 12.0 Å². The van der Waals surface area contributed by atoms with E-state index in [0.29, 0.717) is 13.2 Å². The molecule has 0 aromatic heterocycles. The van der Waals surface area contributed by atoms with Gasteiger partial charge in [-0.2, -0.15) is 0 Å². The van der Waals surface area contributed by atoms with Gasteiger partial charge in [0.2, 0.25) is 0 Å². The number of rotatable bonds is 7. The summed E-state index contributed by atoms with van der Waals surface area (Å²) in [6, 6.07) is -0.401. The first kappa shape index (κ1) is 15.7. The maximum atomic E-state index is 12.0. The van der Waals surface area contributed by atoms with Gasteiger partial charge in [0.05, 0.1) is 0 Å². The zero-order valence-electron chi connectivity index (χ0n) is 11.0. The average Bonchev–Trinajstić information content (AvgIpc) is 2.24. The number of amides is 2. The van der Waals surface area contributed by atoms with Crippen molar-refractivity contribution in [1.82, 2.24) is 9.80 Å². The van der Waals surface area contributed by atoms with Gasteiger partial charge in [-0.25, -0.2) is 4.79 Å². The fourth-order valence-electron chi connectivity index (χ4n) is 1.38. The lowest BCUT2D eigenvalue weighted by molar-refractivity contribution is -0.138. The Balaban J connectivity index is 4.34. The van der Waals surface area contributed by atoms with Crippen molar-refractivity contribution in [2.45, 2.75) is 26.3 Å². The molecule has 0 aliphatic heterocycles. The Labute approximate surface area is 102 Å². The van der Waals surface area contributed by atoms with Gasteiger partial charge < -0.3 is 19.6 Å². The standard InChI is InChI=1S/C11H22N2O4/c1-9(2)13(8-10(14)15)11(16)12(3)6-5-7-17-4/h9H,5-8H2,1-4H3,(H,14,15). The van der Waals surface area contributed by atoms with Crippen LogP contribution >= 0.6 is 0 Å². The summed E-state index contributed by atoms with van der Waals surface area (Å²) in [5.74, 6) is -1.00. The van der Waals surface area contributed by atoms with Gasteiger partial charge in [0, 0.05) is 33.4 Å². The highest BCUT2D eigenvalue weighted by Gasteiger charge is 2.22. The van der Waals surface area contributed by atoms with Crippen LogP contribution in [-0.4, -0.2) is 66.8 Å². The molecule has 0 bridgehead atoms. The molecule has 0 saturated heterocycles. The molecule has 0 radical (unpaired) electrons. The van der Waals surface area contributed by atoms with E-state index >= 15 is 0 Å². The smallest absolute Gasteiger partial charge is 0.323 e. The molecular formula is C11H22N2O4. The number of carbonyl (C=O) groups is 2. The van der Waals surface area contributed by atoms with Crippen LogP contribution in [0, 0.1) is 0 Å². The molecule has 1 N–H and O–H groups in total. The summed E-state index contributed by atoms with van der Waals surface area (Å²) in [6.07, 6.45) is 0.734. The summed E-state index contributed by atoms with van der Waals surface area (Å²) in [4.78, 5) is 25.5. The van der Waals surface area contributed by atoms with Crippen molar-refractivity contribution >= 4 is 12.0 Å². The van der Waals surface area contributed by atoms with E-state index < -0.39 is 5.97 Å². The normalized spacial score (nSPS) is 10.4. The second kappa shape index (κ2) is 7.89. The number of carbonyl (C=O) groups excluding carboxylic acids is 1. The molecule has 0 aromatic rings. The maximum Gasteiger partial charge on any atom is 0.323 e. The van der Waals surface area contributed by atoms with E-state index in [0.717, 1.165) is 6.42 Å². The molecule has 100 valence electrons. The molecule has 0 rings (SSSR count). The third-order valence-corrected chi connectivity index (χ3v) is 2.34. The number of carboxylic acid groups (broad SMARTS) is 1. The minimum absolute atomic E-state index is 0.136. The van der Waals surface area contributed by atoms with Crippen LogP contribution in [0.3, 0.4) is 0 Å². The van der Waals surface area contributed by atoms with Crippen molar-refractivity contribution in [3.8, 4) is 0 Å². The summed E-state index contributed by atoms with van der Waals surface area (Å²) in [5.41, 5.74) is 0.